The van der Waals surface area contributed by atoms with E-state index in [0.29, 0.717) is 18.7 Å². The number of hydrogen-bond acceptors (Lipinski definition) is 3. The molecule has 1 aromatic rings. The Morgan fingerprint density at radius 3 is 2.27 bits per heavy atom. The van der Waals surface area contributed by atoms with Gasteiger partial charge in [-0.15, -0.1) is 0 Å². The van der Waals surface area contributed by atoms with Crippen LogP contribution < -0.4 is 4.72 Å². The van der Waals surface area contributed by atoms with Crippen LogP contribution in [0, 0.1) is 13.8 Å². The van der Waals surface area contributed by atoms with Crippen molar-refractivity contribution in [1.29, 1.82) is 0 Å². The fraction of sp³-hybridized carbons (Fsp3) is 0.562. The standard InChI is InChI=1S/C16H26N2O3S/c1-5-9-18(10-6-2)16(19)12-17-22(20,21)15-11-13(3)7-8-14(15)4/h7-8,11,17H,5-6,9-10,12H2,1-4H3. The lowest BCUT2D eigenvalue weighted by Crippen LogP contribution is -2.41. The van der Waals surface area contributed by atoms with Crippen molar-refractivity contribution in [2.24, 2.45) is 0 Å². The highest BCUT2D eigenvalue weighted by molar-refractivity contribution is 7.89. The Labute approximate surface area is 133 Å². The molecular weight excluding hydrogens is 300 g/mol. The maximum Gasteiger partial charge on any atom is 0.241 e. The molecule has 1 aromatic carbocycles. The van der Waals surface area contributed by atoms with Gasteiger partial charge in [0.15, 0.2) is 0 Å². The lowest BCUT2D eigenvalue weighted by Gasteiger charge is -2.21. The largest absolute Gasteiger partial charge is 0.342 e. The minimum Gasteiger partial charge on any atom is -0.342 e. The minimum atomic E-state index is -3.67. The van der Waals surface area contributed by atoms with Crippen molar-refractivity contribution < 1.29 is 13.2 Å². The van der Waals surface area contributed by atoms with Gasteiger partial charge in [-0.2, -0.15) is 0 Å². The van der Waals surface area contributed by atoms with Gasteiger partial charge >= 0.3 is 0 Å². The van der Waals surface area contributed by atoms with E-state index in [-0.39, 0.29) is 17.3 Å². The lowest BCUT2D eigenvalue weighted by atomic mass is 10.2. The van der Waals surface area contributed by atoms with Crippen molar-refractivity contribution >= 4 is 15.9 Å². The number of carbonyl (C=O) groups is 1. The molecular formula is C16H26N2O3S. The second-order valence-electron chi connectivity index (χ2n) is 5.47. The molecule has 0 aromatic heterocycles. The Morgan fingerprint density at radius 2 is 1.73 bits per heavy atom. The maximum absolute atomic E-state index is 12.4. The van der Waals surface area contributed by atoms with E-state index in [1.54, 1.807) is 24.0 Å². The summed E-state index contributed by atoms with van der Waals surface area (Å²) in [6.45, 7) is 8.68. The van der Waals surface area contributed by atoms with Crippen LogP contribution in [0.5, 0.6) is 0 Å². The second-order valence-corrected chi connectivity index (χ2v) is 7.21. The first kappa shape index (κ1) is 18.6. The summed E-state index contributed by atoms with van der Waals surface area (Å²) in [5.74, 6) is -0.183. The highest BCUT2D eigenvalue weighted by atomic mass is 32.2. The molecule has 0 spiro atoms. The van der Waals surface area contributed by atoms with Crippen molar-refractivity contribution in [3.05, 3.63) is 29.3 Å². The molecule has 0 fully saturated rings. The SMILES string of the molecule is CCCN(CCC)C(=O)CNS(=O)(=O)c1cc(C)ccc1C. The first-order chi connectivity index (χ1) is 10.3. The van der Waals surface area contributed by atoms with Gasteiger partial charge in [0.05, 0.1) is 11.4 Å². The monoisotopic (exact) mass is 326 g/mol. The molecule has 124 valence electrons. The molecule has 0 aliphatic carbocycles. The number of nitrogens with one attached hydrogen (secondary N) is 1. The zero-order chi connectivity index (χ0) is 16.8. The van der Waals surface area contributed by atoms with Crippen LogP contribution in [0.3, 0.4) is 0 Å². The lowest BCUT2D eigenvalue weighted by molar-refractivity contribution is -0.130. The summed E-state index contributed by atoms with van der Waals surface area (Å²) in [6, 6.07) is 5.26. The molecule has 0 unspecified atom stereocenters. The van der Waals surface area contributed by atoms with Crippen LogP contribution in [0.15, 0.2) is 23.1 Å². The average Bonchev–Trinajstić information content (AvgIpc) is 2.47. The Morgan fingerprint density at radius 1 is 1.14 bits per heavy atom. The number of amides is 1. The van der Waals surface area contributed by atoms with Gasteiger partial charge in [-0.3, -0.25) is 4.79 Å². The van der Waals surface area contributed by atoms with Gasteiger partial charge in [-0.05, 0) is 43.9 Å². The molecule has 5 nitrogen and oxygen atoms in total. The highest BCUT2D eigenvalue weighted by Gasteiger charge is 2.20. The van der Waals surface area contributed by atoms with E-state index in [4.69, 9.17) is 0 Å². The Kier molecular flexibility index (Phi) is 7.03. The van der Waals surface area contributed by atoms with Gasteiger partial charge in [0.1, 0.15) is 0 Å². The van der Waals surface area contributed by atoms with Crippen LogP contribution in [0.2, 0.25) is 0 Å². The number of sulfonamides is 1. The number of hydrogen-bond donors (Lipinski definition) is 1. The Bertz CT molecular complexity index is 606. The van der Waals surface area contributed by atoms with Gasteiger partial charge in [0.25, 0.3) is 0 Å². The molecule has 22 heavy (non-hydrogen) atoms. The Hall–Kier alpha value is -1.40. The summed E-state index contributed by atoms with van der Waals surface area (Å²) in [7, 11) is -3.67. The van der Waals surface area contributed by atoms with Crippen LogP contribution in [-0.2, 0) is 14.8 Å². The Balaban J connectivity index is 2.80. The van der Waals surface area contributed by atoms with Crippen LogP contribution in [-0.4, -0.2) is 38.9 Å². The first-order valence-corrected chi connectivity index (χ1v) is 9.14. The number of carbonyl (C=O) groups excluding carboxylic acids is 1. The van der Waals surface area contributed by atoms with Crippen molar-refractivity contribution in [3.8, 4) is 0 Å². The third-order valence-electron chi connectivity index (χ3n) is 3.39. The molecule has 1 amide bonds. The van der Waals surface area contributed by atoms with Gasteiger partial charge in [-0.1, -0.05) is 26.0 Å². The molecule has 6 heteroatoms. The van der Waals surface area contributed by atoms with E-state index in [9.17, 15) is 13.2 Å². The zero-order valence-electron chi connectivity index (χ0n) is 13.8. The average molecular weight is 326 g/mol. The summed E-state index contributed by atoms with van der Waals surface area (Å²) >= 11 is 0. The van der Waals surface area contributed by atoms with E-state index in [0.717, 1.165) is 18.4 Å². The van der Waals surface area contributed by atoms with E-state index >= 15 is 0 Å². The number of nitrogens with zero attached hydrogens (tertiary/aromatic N) is 1. The molecule has 1 N–H and O–H groups in total. The van der Waals surface area contributed by atoms with Gasteiger partial charge in [-0.25, -0.2) is 13.1 Å². The molecule has 0 aliphatic heterocycles. The molecule has 0 aliphatic rings. The van der Waals surface area contributed by atoms with Gasteiger partial charge in [0.2, 0.25) is 15.9 Å². The molecule has 0 bridgehead atoms. The van der Waals surface area contributed by atoms with E-state index in [1.165, 1.54) is 0 Å². The zero-order valence-corrected chi connectivity index (χ0v) is 14.7. The third kappa shape index (κ3) is 5.10. The smallest absolute Gasteiger partial charge is 0.241 e. The summed E-state index contributed by atoms with van der Waals surface area (Å²) in [5, 5.41) is 0. The van der Waals surface area contributed by atoms with Crippen molar-refractivity contribution in [2.75, 3.05) is 19.6 Å². The van der Waals surface area contributed by atoms with Crippen molar-refractivity contribution in [3.63, 3.8) is 0 Å². The fourth-order valence-electron chi connectivity index (χ4n) is 2.24. The normalized spacial score (nSPS) is 11.5. The second kappa shape index (κ2) is 8.29. The summed E-state index contributed by atoms with van der Waals surface area (Å²) in [6.07, 6.45) is 1.71. The van der Waals surface area contributed by atoms with Crippen molar-refractivity contribution in [2.45, 2.75) is 45.4 Å². The van der Waals surface area contributed by atoms with Crippen LogP contribution in [0.4, 0.5) is 0 Å². The van der Waals surface area contributed by atoms with Crippen LogP contribution in [0.1, 0.15) is 37.8 Å². The van der Waals surface area contributed by atoms with E-state index < -0.39 is 10.0 Å². The topological polar surface area (TPSA) is 66.5 Å². The summed E-state index contributed by atoms with van der Waals surface area (Å²) < 4.78 is 27.2. The van der Waals surface area contributed by atoms with Gasteiger partial charge in [0, 0.05) is 13.1 Å². The number of benzene rings is 1. The van der Waals surface area contributed by atoms with Crippen LogP contribution in [0.25, 0.3) is 0 Å². The minimum absolute atomic E-state index is 0.183. The molecule has 0 atom stereocenters. The number of aryl methyl sites for hydroxylation is 2. The predicted octanol–water partition coefficient (Wildman–Crippen LogP) is 2.23. The van der Waals surface area contributed by atoms with Gasteiger partial charge < -0.3 is 4.90 Å². The van der Waals surface area contributed by atoms with E-state index in [1.807, 2.05) is 26.8 Å². The summed E-state index contributed by atoms with van der Waals surface area (Å²) in [5.41, 5.74) is 1.54. The van der Waals surface area contributed by atoms with E-state index in [2.05, 4.69) is 4.72 Å². The maximum atomic E-state index is 12.4. The third-order valence-corrected chi connectivity index (χ3v) is 4.93. The fourth-order valence-corrected chi connectivity index (χ4v) is 3.55. The first-order valence-electron chi connectivity index (χ1n) is 7.66. The predicted molar refractivity (Wildman–Crippen MR) is 88.3 cm³/mol. The quantitative estimate of drug-likeness (QED) is 0.796. The molecule has 0 saturated heterocycles. The summed E-state index contributed by atoms with van der Waals surface area (Å²) in [4.78, 5) is 14.1. The highest BCUT2D eigenvalue weighted by Crippen LogP contribution is 2.16. The molecule has 1 rings (SSSR count). The van der Waals surface area contributed by atoms with Crippen molar-refractivity contribution in [1.82, 2.24) is 9.62 Å². The van der Waals surface area contributed by atoms with Crippen LogP contribution >= 0.6 is 0 Å². The molecule has 0 heterocycles. The molecule has 0 radical (unpaired) electrons. The molecule has 0 saturated carbocycles. The number of rotatable bonds is 8.